The Hall–Kier alpha value is -3.51. The van der Waals surface area contributed by atoms with E-state index in [1.807, 2.05) is 19.3 Å². The van der Waals surface area contributed by atoms with Gasteiger partial charge in [-0.25, -0.2) is 0 Å². The number of fused-ring (bicyclic) bond motifs is 1. The molecule has 1 aliphatic heterocycles. The number of aliphatic imine (C=N–C) groups is 1. The minimum atomic E-state index is 0.430. The summed E-state index contributed by atoms with van der Waals surface area (Å²) in [5, 5.41) is 9.67. The van der Waals surface area contributed by atoms with Crippen LogP contribution in [-0.2, 0) is 6.54 Å². The number of pyridine rings is 1. The van der Waals surface area contributed by atoms with Gasteiger partial charge in [-0.05, 0) is 80.9 Å². The van der Waals surface area contributed by atoms with Crippen molar-refractivity contribution in [1.29, 1.82) is 0 Å². The Bertz CT molecular complexity index is 1370. The normalized spacial score (nSPS) is 18.2. The third-order valence-corrected chi connectivity index (χ3v) is 8.13. The van der Waals surface area contributed by atoms with Gasteiger partial charge < -0.3 is 5.32 Å². The third kappa shape index (κ3) is 6.56. The molecule has 0 spiro atoms. The van der Waals surface area contributed by atoms with Crippen LogP contribution in [0.4, 0.5) is 0 Å². The minimum Gasteiger partial charge on any atom is -0.357 e. The van der Waals surface area contributed by atoms with Crippen LogP contribution in [0.3, 0.4) is 0 Å². The van der Waals surface area contributed by atoms with Crippen LogP contribution in [0, 0.1) is 5.92 Å². The van der Waals surface area contributed by atoms with Gasteiger partial charge >= 0.3 is 0 Å². The van der Waals surface area contributed by atoms with E-state index in [2.05, 4.69) is 69.2 Å². The van der Waals surface area contributed by atoms with Crippen molar-refractivity contribution in [3.8, 4) is 11.1 Å². The maximum atomic E-state index is 5.15. The highest BCUT2D eigenvalue weighted by Crippen LogP contribution is 2.35. The summed E-state index contributed by atoms with van der Waals surface area (Å²) in [7, 11) is 0. The number of aromatic nitrogens is 3. The lowest BCUT2D eigenvalue weighted by molar-refractivity contribution is 0.185. The number of benzene rings is 1. The second-order valence-electron chi connectivity index (χ2n) is 11.3. The van der Waals surface area contributed by atoms with Crippen LogP contribution in [-0.4, -0.2) is 39.0 Å². The Morgan fingerprint density at radius 2 is 1.87 bits per heavy atom. The van der Waals surface area contributed by atoms with Crippen molar-refractivity contribution in [3.05, 3.63) is 79.0 Å². The Balaban J connectivity index is 1.47. The molecule has 5 rings (SSSR count). The molecule has 3 heterocycles. The fourth-order valence-corrected chi connectivity index (χ4v) is 5.90. The summed E-state index contributed by atoms with van der Waals surface area (Å²) in [5.74, 6) is 0.838. The van der Waals surface area contributed by atoms with Gasteiger partial charge in [-0.3, -0.25) is 19.6 Å². The van der Waals surface area contributed by atoms with Crippen LogP contribution in [0.5, 0.6) is 0 Å². The van der Waals surface area contributed by atoms with E-state index in [0.29, 0.717) is 6.04 Å². The molecule has 0 bridgehead atoms. The summed E-state index contributed by atoms with van der Waals surface area (Å²) in [6, 6.07) is 9.46. The number of nitrogens with zero attached hydrogens (tertiary/aromatic N) is 5. The van der Waals surface area contributed by atoms with Crippen molar-refractivity contribution in [2.24, 2.45) is 10.9 Å². The van der Waals surface area contributed by atoms with E-state index in [1.54, 1.807) is 18.5 Å². The monoisotopic (exact) mass is 522 g/mol. The summed E-state index contributed by atoms with van der Waals surface area (Å²) >= 11 is 0. The van der Waals surface area contributed by atoms with E-state index in [0.717, 1.165) is 46.1 Å². The number of hydrogen-bond donors (Lipinski definition) is 1. The Labute approximate surface area is 233 Å². The molecule has 0 amide bonds. The van der Waals surface area contributed by atoms with Gasteiger partial charge in [-0.15, -0.1) is 0 Å². The maximum Gasteiger partial charge on any atom is 0.116 e. The SMILES string of the molecule is C=CC=N/C=C(\C)NC(=C)c1nn(C2CCCCC2)c2ccc(-c3cncc(CN4CCC(C)CC4)c3)cc12. The first-order valence-corrected chi connectivity index (χ1v) is 14.5. The largest absolute Gasteiger partial charge is 0.357 e. The lowest BCUT2D eigenvalue weighted by Gasteiger charge is -2.30. The molecule has 1 aliphatic carbocycles. The van der Waals surface area contributed by atoms with Gasteiger partial charge in [0.2, 0.25) is 0 Å². The highest BCUT2D eigenvalue weighted by Gasteiger charge is 2.22. The Morgan fingerprint density at radius 3 is 2.64 bits per heavy atom. The molecule has 204 valence electrons. The van der Waals surface area contributed by atoms with Crippen LogP contribution in [0.25, 0.3) is 27.7 Å². The Kier molecular flexibility index (Phi) is 8.72. The van der Waals surface area contributed by atoms with E-state index in [9.17, 15) is 0 Å². The molecule has 2 aromatic heterocycles. The second kappa shape index (κ2) is 12.6. The third-order valence-electron chi connectivity index (χ3n) is 8.13. The first kappa shape index (κ1) is 27.1. The number of nitrogens with one attached hydrogen (secondary N) is 1. The molecule has 2 aliphatic rings. The van der Waals surface area contributed by atoms with Gasteiger partial charge in [0.1, 0.15) is 5.69 Å². The van der Waals surface area contributed by atoms with Crippen molar-refractivity contribution >= 4 is 22.8 Å². The van der Waals surface area contributed by atoms with Crippen molar-refractivity contribution < 1.29 is 0 Å². The number of piperidine rings is 1. The van der Waals surface area contributed by atoms with Crippen LogP contribution in [0.1, 0.15) is 76.1 Å². The predicted molar refractivity (Wildman–Crippen MR) is 163 cm³/mol. The summed E-state index contributed by atoms with van der Waals surface area (Å²) in [6.07, 6.45) is 17.9. The molecule has 1 N–H and O–H groups in total. The van der Waals surface area contributed by atoms with Gasteiger partial charge in [0.15, 0.2) is 0 Å². The van der Waals surface area contributed by atoms with E-state index in [4.69, 9.17) is 5.10 Å². The van der Waals surface area contributed by atoms with Crippen LogP contribution < -0.4 is 5.32 Å². The first-order valence-electron chi connectivity index (χ1n) is 14.5. The molecule has 0 unspecified atom stereocenters. The summed E-state index contributed by atoms with van der Waals surface area (Å²) in [5.41, 5.74) is 7.31. The van der Waals surface area contributed by atoms with Gasteiger partial charge in [-0.2, -0.15) is 5.10 Å². The fraction of sp³-hybridized carbons (Fsp3) is 0.424. The van der Waals surface area contributed by atoms with Crippen molar-refractivity contribution in [3.63, 3.8) is 0 Å². The van der Waals surface area contributed by atoms with Crippen molar-refractivity contribution in [2.45, 2.75) is 71.4 Å². The molecule has 1 saturated heterocycles. The van der Waals surface area contributed by atoms with Crippen LogP contribution in [0.2, 0.25) is 0 Å². The zero-order valence-electron chi connectivity index (χ0n) is 23.6. The highest BCUT2D eigenvalue weighted by molar-refractivity contribution is 5.93. The topological polar surface area (TPSA) is 58.3 Å². The average Bonchev–Trinajstić information content (AvgIpc) is 3.34. The molecule has 1 aromatic carbocycles. The van der Waals surface area contributed by atoms with Gasteiger partial charge in [0.05, 0.1) is 17.3 Å². The van der Waals surface area contributed by atoms with E-state index >= 15 is 0 Å². The Morgan fingerprint density at radius 1 is 1.08 bits per heavy atom. The minimum absolute atomic E-state index is 0.430. The zero-order valence-corrected chi connectivity index (χ0v) is 23.6. The van der Waals surface area contributed by atoms with Crippen molar-refractivity contribution in [2.75, 3.05) is 13.1 Å². The zero-order chi connectivity index (χ0) is 27.2. The molecule has 6 heteroatoms. The lowest BCUT2D eigenvalue weighted by atomic mass is 9.95. The van der Waals surface area contributed by atoms with Gasteiger partial charge in [-0.1, -0.05) is 51.5 Å². The van der Waals surface area contributed by atoms with Crippen LogP contribution >= 0.6 is 0 Å². The molecular formula is C33H42N6. The van der Waals surface area contributed by atoms with Gasteiger partial charge in [0, 0.05) is 48.0 Å². The molecule has 2 fully saturated rings. The maximum absolute atomic E-state index is 5.15. The molecule has 1 saturated carbocycles. The molecule has 39 heavy (non-hydrogen) atoms. The van der Waals surface area contributed by atoms with E-state index < -0.39 is 0 Å². The molecular weight excluding hydrogens is 480 g/mol. The second-order valence-corrected chi connectivity index (χ2v) is 11.3. The van der Waals surface area contributed by atoms with Crippen LogP contribution in [0.15, 0.2) is 72.8 Å². The predicted octanol–water partition coefficient (Wildman–Crippen LogP) is 7.51. The average molecular weight is 523 g/mol. The van der Waals surface area contributed by atoms with Crippen molar-refractivity contribution in [1.82, 2.24) is 25.0 Å². The van der Waals surface area contributed by atoms with Gasteiger partial charge in [0.25, 0.3) is 0 Å². The number of rotatable bonds is 9. The smallest absolute Gasteiger partial charge is 0.116 e. The quantitative estimate of drug-likeness (QED) is 0.295. The van der Waals surface area contributed by atoms with E-state index in [-0.39, 0.29) is 0 Å². The molecule has 0 atom stereocenters. The molecule has 6 nitrogen and oxygen atoms in total. The highest BCUT2D eigenvalue weighted by atomic mass is 15.3. The fourth-order valence-electron chi connectivity index (χ4n) is 5.90. The summed E-state index contributed by atoms with van der Waals surface area (Å²) in [6.45, 7) is 15.7. The number of allylic oxidation sites excluding steroid dienone is 2. The lowest BCUT2D eigenvalue weighted by Crippen LogP contribution is -2.32. The standard InChI is InChI=1S/C33H42N6/c1-5-15-34-20-25(3)36-26(4)33-31-19-28(11-12-32(31)39(37-33)30-9-7-6-8-10-30)29-18-27(21-35-22-29)23-38-16-13-24(2)14-17-38/h5,11-12,15,18-22,24,30,36H,1,4,6-10,13-14,16-17,23H2,2-3H3/b25-20+,34-15?. The molecule has 0 radical (unpaired) electrons. The summed E-state index contributed by atoms with van der Waals surface area (Å²) < 4.78 is 2.25. The summed E-state index contributed by atoms with van der Waals surface area (Å²) in [4.78, 5) is 11.4. The molecule has 3 aromatic rings. The van der Waals surface area contributed by atoms with E-state index in [1.165, 1.54) is 69.1 Å². The number of hydrogen-bond acceptors (Lipinski definition) is 5. The number of likely N-dealkylation sites (tertiary alicyclic amines) is 1. The first-order chi connectivity index (χ1) is 19.0.